The van der Waals surface area contributed by atoms with Gasteiger partial charge in [0.2, 0.25) is 0 Å². The maximum Gasteiger partial charge on any atom is 0.134 e. The molecule has 1 aromatic heterocycles. The van der Waals surface area contributed by atoms with Crippen LogP contribution in [-0.2, 0) is 0 Å². The SMILES string of the molecule is CNc1cc(N2CCCC(C)(C)CC2)nc(C)n1. The van der Waals surface area contributed by atoms with E-state index in [2.05, 4.69) is 34.0 Å². The average molecular weight is 248 g/mol. The number of aromatic nitrogens is 2. The molecule has 4 nitrogen and oxygen atoms in total. The van der Waals surface area contributed by atoms with E-state index < -0.39 is 0 Å². The van der Waals surface area contributed by atoms with E-state index in [0.717, 1.165) is 30.5 Å². The summed E-state index contributed by atoms with van der Waals surface area (Å²) >= 11 is 0. The summed E-state index contributed by atoms with van der Waals surface area (Å²) in [6, 6.07) is 2.05. The Morgan fingerprint density at radius 1 is 1.22 bits per heavy atom. The smallest absolute Gasteiger partial charge is 0.134 e. The molecule has 1 saturated heterocycles. The van der Waals surface area contributed by atoms with Crippen LogP contribution < -0.4 is 10.2 Å². The summed E-state index contributed by atoms with van der Waals surface area (Å²) in [5.41, 5.74) is 0.461. The minimum Gasteiger partial charge on any atom is -0.373 e. The molecule has 0 saturated carbocycles. The van der Waals surface area contributed by atoms with Gasteiger partial charge in [-0.15, -0.1) is 0 Å². The molecule has 0 spiro atoms. The van der Waals surface area contributed by atoms with Crippen molar-refractivity contribution >= 4 is 11.6 Å². The lowest BCUT2D eigenvalue weighted by Gasteiger charge is -2.24. The van der Waals surface area contributed by atoms with Crippen LogP contribution in [0.3, 0.4) is 0 Å². The Hall–Kier alpha value is -1.32. The fourth-order valence-electron chi connectivity index (χ4n) is 2.49. The first-order chi connectivity index (χ1) is 8.50. The van der Waals surface area contributed by atoms with Crippen LogP contribution in [0.1, 0.15) is 38.9 Å². The molecule has 18 heavy (non-hydrogen) atoms. The van der Waals surface area contributed by atoms with Crippen molar-refractivity contribution in [3.63, 3.8) is 0 Å². The number of nitrogens with one attached hydrogen (secondary N) is 1. The topological polar surface area (TPSA) is 41.0 Å². The van der Waals surface area contributed by atoms with Crippen molar-refractivity contribution in [2.75, 3.05) is 30.4 Å². The predicted octanol–water partition coefficient (Wildman–Crippen LogP) is 2.84. The third-order valence-electron chi connectivity index (χ3n) is 3.74. The van der Waals surface area contributed by atoms with Gasteiger partial charge in [-0.05, 0) is 31.6 Å². The number of hydrogen-bond donors (Lipinski definition) is 1. The van der Waals surface area contributed by atoms with Crippen LogP contribution in [0.5, 0.6) is 0 Å². The molecular formula is C14H24N4. The van der Waals surface area contributed by atoms with Crippen LogP contribution in [0.2, 0.25) is 0 Å². The lowest BCUT2D eigenvalue weighted by atomic mass is 9.85. The summed E-state index contributed by atoms with van der Waals surface area (Å²) in [4.78, 5) is 11.3. The number of aryl methyl sites for hydroxylation is 1. The van der Waals surface area contributed by atoms with Crippen molar-refractivity contribution in [2.24, 2.45) is 5.41 Å². The van der Waals surface area contributed by atoms with Gasteiger partial charge in [0.1, 0.15) is 17.5 Å². The quantitative estimate of drug-likeness (QED) is 0.873. The van der Waals surface area contributed by atoms with E-state index >= 15 is 0 Å². The lowest BCUT2D eigenvalue weighted by Crippen LogP contribution is -2.26. The second-order valence-corrected chi connectivity index (χ2v) is 5.91. The summed E-state index contributed by atoms with van der Waals surface area (Å²) in [7, 11) is 1.90. The molecule has 2 rings (SSSR count). The molecule has 0 radical (unpaired) electrons. The summed E-state index contributed by atoms with van der Waals surface area (Å²) in [5, 5.41) is 3.10. The Labute approximate surface area is 110 Å². The molecule has 0 aliphatic carbocycles. The second-order valence-electron chi connectivity index (χ2n) is 5.91. The van der Waals surface area contributed by atoms with E-state index in [1.165, 1.54) is 19.3 Å². The van der Waals surface area contributed by atoms with Crippen LogP contribution in [0, 0.1) is 12.3 Å². The van der Waals surface area contributed by atoms with Crippen molar-refractivity contribution in [3.8, 4) is 0 Å². The fourth-order valence-corrected chi connectivity index (χ4v) is 2.49. The van der Waals surface area contributed by atoms with Gasteiger partial charge < -0.3 is 10.2 Å². The van der Waals surface area contributed by atoms with Crippen LogP contribution >= 0.6 is 0 Å². The average Bonchev–Trinajstić information content (AvgIpc) is 2.49. The highest BCUT2D eigenvalue weighted by molar-refractivity contribution is 5.49. The van der Waals surface area contributed by atoms with Gasteiger partial charge in [0.05, 0.1) is 0 Å². The third kappa shape index (κ3) is 3.12. The molecule has 0 aromatic carbocycles. The minimum atomic E-state index is 0.461. The molecule has 1 aliphatic rings. The molecule has 4 heteroatoms. The van der Waals surface area contributed by atoms with Gasteiger partial charge >= 0.3 is 0 Å². The van der Waals surface area contributed by atoms with E-state index in [-0.39, 0.29) is 0 Å². The van der Waals surface area contributed by atoms with Crippen LogP contribution in [0.15, 0.2) is 6.07 Å². The first-order valence-corrected chi connectivity index (χ1v) is 6.78. The summed E-state index contributed by atoms with van der Waals surface area (Å²) in [5.74, 6) is 2.80. The van der Waals surface area contributed by atoms with Crippen LogP contribution in [0.4, 0.5) is 11.6 Å². The molecule has 1 aromatic rings. The van der Waals surface area contributed by atoms with Gasteiger partial charge in [0.25, 0.3) is 0 Å². The first kappa shape index (κ1) is 13.1. The lowest BCUT2D eigenvalue weighted by molar-refractivity contribution is 0.325. The Morgan fingerprint density at radius 3 is 2.72 bits per heavy atom. The Morgan fingerprint density at radius 2 is 2.00 bits per heavy atom. The normalized spacial score (nSPS) is 19.4. The number of rotatable bonds is 2. The standard InChI is InChI=1S/C14H24N4/c1-11-16-12(15-4)10-13(17-11)18-8-5-6-14(2,3)7-9-18/h10H,5-9H2,1-4H3,(H,15,16,17). The monoisotopic (exact) mass is 248 g/mol. The Bertz CT molecular complexity index is 414. The molecule has 0 amide bonds. The molecule has 0 atom stereocenters. The zero-order chi connectivity index (χ0) is 13.2. The molecule has 2 heterocycles. The van der Waals surface area contributed by atoms with E-state index in [0.29, 0.717) is 5.41 Å². The molecule has 0 bridgehead atoms. The van der Waals surface area contributed by atoms with Gasteiger partial charge in [-0.1, -0.05) is 13.8 Å². The Balaban J connectivity index is 2.18. The van der Waals surface area contributed by atoms with Gasteiger partial charge in [-0.2, -0.15) is 0 Å². The molecular weight excluding hydrogens is 224 g/mol. The zero-order valence-corrected chi connectivity index (χ0v) is 12.0. The van der Waals surface area contributed by atoms with E-state index in [1.807, 2.05) is 20.0 Å². The largest absolute Gasteiger partial charge is 0.373 e. The summed E-state index contributed by atoms with van der Waals surface area (Å²) < 4.78 is 0. The predicted molar refractivity (Wildman–Crippen MR) is 76.2 cm³/mol. The molecule has 0 unspecified atom stereocenters. The van der Waals surface area contributed by atoms with Gasteiger partial charge in [-0.3, -0.25) is 0 Å². The fraction of sp³-hybridized carbons (Fsp3) is 0.714. The highest BCUT2D eigenvalue weighted by atomic mass is 15.2. The van der Waals surface area contributed by atoms with Gasteiger partial charge in [-0.25, -0.2) is 9.97 Å². The molecule has 1 aliphatic heterocycles. The van der Waals surface area contributed by atoms with Crippen molar-refractivity contribution in [1.29, 1.82) is 0 Å². The van der Waals surface area contributed by atoms with Crippen LogP contribution in [0.25, 0.3) is 0 Å². The molecule has 100 valence electrons. The first-order valence-electron chi connectivity index (χ1n) is 6.78. The molecule has 1 fully saturated rings. The third-order valence-corrected chi connectivity index (χ3v) is 3.74. The number of nitrogens with zero attached hydrogens (tertiary/aromatic N) is 3. The molecule has 1 N–H and O–H groups in total. The minimum absolute atomic E-state index is 0.461. The van der Waals surface area contributed by atoms with Gasteiger partial charge in [0.15, 0.2) is 0 Å². The maximum absolute atomic E-state index is 4.57. The Kier molecular flexibility index (Phi) is 3.73. The van der Waals surface area contributed by atoms with Crippen molar-refractivity contribution < 1.29 is 0 Å². The maximum atomic E-state index is 4.57. The summed E-state index contributed by atoms with van der Waals surface area (Å²) in [6.45, 7) is 8.86. The second kappa shape index (κ2) is 5.12. The van der Waals surface area contributed by atoms with Crippen molar-refractivity contribution in [1.82, 2.24) is 9.97 Å². The highest BCUT2D eigenvalue weighted by Crippen LogP contribution is 2.31. The number of anilines is 2. The zero-order valence-electron chi connectivity index (χ0n) is 12.0. The highest BCUT2D eigenvalue weighted by Gasteiger charge is 2.23. The van der Waals surface area contributed by atoms with E-state index in [4.69, 9.17) is 0 Å². The van der Waals surface area contributed by atoms with E-state index in [1.54, 1.807) is 0 Å². The number of hydrogen-bond acceptors (Lipinski definition) is 4. The van der Waals surface area contributed by atoms with Gasteiger partial charge in [0, 0.05) is 26.2 Å². The summed E-state index contributed by atoms with van der Waals surface area (Å²) in [6.07, 6.45) is 3.77. The van der Waals surface area contributed by atoms with Crippen molar-refractivity contribution in [2.45, 2.75) is 40.0 Å². The van der Waals surface area contributed by atoms with Crippen molar-refractivity contribution in [3.05, 3.63) is 11.9 Å². The van der Waals surface area contributed by atoms with Crippen LogP contribution in [-0.4, -0.2) is 30.1 Å². The van der Waals surface area contributed by atoms with E-state index in [9.17, 15) is 0 Å².